The van der Waals surface area contributed by atoms with Gasteiger partial charge in [-0.2, -0.15) is 5.26 Å². The second-order valence-electron chi connectivity index (χ2n) is 10.6. The molecule has 6 aromatic rings. The third-order valence-electron chi connectivity index (χ3n) is 7.03. The van der Waals surface area contributed by atoms with Crippen molar-refractivity contribution in [1.82, 2.24) is 0 Å². The predicted molar refractivity (Wildman–Crippen MR) is 157 cm³/mol. The van der Waals surface area contributed by atoms with Gasteiger partial charge in [-0.15, -0.1) is 0 Å². The fraction of sp³-hybridized carbons (Fsp3) is 0.114. The van der Waals surface area contributed by atoms with E-state index in [0.717, 1.165) is 39.0 Å². The highest BCUT2D eigenvalue weighted by molar-refractivity contribution is 6.06. The van der Waals surface area contributed by atoms with Crippen LogP contribution in [0, 0.1) is 11.3 Å². The van der Waals surface area contributed by atoms with E-state index in [1.54, 1.807) is 0 Å². The molecule has 0 aliphatic rings. The van der Waals surface area contributed by atoms with Gasteiger partial charge in [0.15, 0.2) is 0 Å². The van der Waals surface area contributed by atoms with Gasteiger partial charge in [-0.25, -0.2) is 0 Å². The smallest absolute Gasteiger partial charge is 0.137 e. The van der Waals surface area contributed by atoms with Crippen molar-refractivity contribution in [3.8, 4) is 17.2 Å². The average Bonchev–Trinajstić information content (AvgIpc) is 3.31. The molecule has 0 spiro atoms. The van der Waals surface area contributed by atoms with Gasteiger partial charge in [-0.3, -0.25) is 0 Å². The first kappa shape index (κ1) is 23.6. The van der Waals surface area contributed by atoms with E-state index in [4.69, 9.17) is 4.42 Å². The summed E-state index contributed by atoms with van der Waals surface area (Å²) in [6.45, 7) is 6.75. The molecule has 3 nitrogen and oxygen atoms in total. The summed E-state index contributed by atoms with van der Waals surface area (Å²) in [4.78, 5) is 2.27. The normalized spacial score (nSPS) is 11.5. The van der Waals surface area contributed by atoms with Crippen molar-refractivity contribution >= 4 is 39.0 Å². The number of furan rings is 1. The summed E-state index contributed by atoms with van der Waals surface area (Å²) in [6.07, 6.45) is 0. The molecule has 0 amide bonds. The molecule has 5 aromatic carbocycles. The Kier molecular flexibility index (Phi) is 5.74. The SMILES string of the molecule is CC(C)(C)c1cc(-c2ccccc2)ccc1N(c1ccc(C#N)cc1)c1ccc2c(c1)oc1ccccc12. The highest BCUT2D eigenvalue weighted by Gasteiger charge is 2.25. The number of nitrogens with zero attached hydrogens (tertiary/aromatic N) is 2. The Morgan fingerprint density at radius 1 is 0.632 bits per heavy atom. The summed E-state index contributed by atoms with van der Waals surface area (Å²) in [5, 5.41) is 11.6. The Morgan fingerprint density at radius 3 is 2.05 bits per heavy atom. The molecular formula is C35H28N2O. The summed E-state index contributed by atoms with van der Waals surface area (Å²) in [6, 6.07) is 41.8. The molecule has 0 radical (unpaired) electrons. The predicted octanol–water partition coefficient (Wildman–Crippen LogP) is 9.89. The molecule has 0 N–H and O–H groups in total. The zero-order valence-electron chi connectivity index (χ0n) is 21.8. The Balaban J connectivity index is 1.58. The highest BCUT2D eigenvalue weighted by atomic mass is 16.3. The van der Waals surface area contributed by atoms with Crippen LogP contribution in [0.1, 0.15) is 31.9 Å². The van der Waals surface area contributed by atoms with Crippen molar-refractivity contribution in [2.75, 3.05) is 4.90 Å². The van der Waals surface area contributed by atoms with E-state index in [1.165, 1.54) is 16.7 Å². The first-order valence-electron chi connectivity index (χ1n) is 12.8. The van der Waals surface area contributed by atoms with Gasteiger partial charge in [0.25, 0.3) is 0 Å². The molecule has 1 aromatic heterocycles. The van der Waals surface area contributed by atoms with Crippen molar-refractivity contribution < 1.29 is 4.42 Å². The third kappa shape index (κ3) is 4.21. The fourth-order valence-corrected chi connectivity index (χ4v) is 5.11. The lowest BCUT2D eigenvalue weighted by Crippen LogP contribution is -2.19. The van der Waals surface area contributed by atoms with Crippen LogP contribution in [-0.2, 0) is 5.41 Å². The molecule has 0 bridgehead atoms. The molecule has 0 unspecified atom stereocenters. The molecule has 1 heterocycles. The quantitative estimate of drug-likeness (QED) is 0.246. The van der Waals surface area contributed by atoms with E-state index in [0.29, 0.717) is 5.56 Å². The van der Waals surface area contributed by atoms with Crippen LogP contribution in [0.4, 0.5) is 17.1 Å². The lowest BCUT2D eigenvalue weighted by atomic mass is 9.83. The van der Waals surface area contributed by atoms with Crippen molar-refractivity contribution in [2.45, 2.75) is 26.2 Å². The zero-order chi connectivity index (χ0) is 26.3. The lowest BCUT2D eigenvalue weighted by Gasteiger charge is -2.32. The van der Waals surface area contributed by atoms with Crippen LogP contribution in [0.2, 0.25) is 0 Å². The molecule has 0 aliphatic heterocycles. The Morgan fingerprint density at radius 2 is 1.32 bits per heavy atom. The first-order valence-corrected chi connectivity index (χ1v) is 12.8. The average molecular weight is 493 g/mol. The maximum Gasteiger partial charge on any atom is 0.137 e. The largest absolute Gasteiger partial charge is 0.456 e. The maximum atomic E-state index is 9.40. The summed E-state index contributed by atoms with van der Waals surface area (Å²) in [5.41, 5.74) is 8.94. The van der Waals surface area contributed by atoms with E-state index in [9.17, 15) is 5.26 Å². The Labute approximate surface area is 223 Å². The van der Waals surface area contributed by atoms with Gasteiger partial charge in [0.2, 0.25) is 0 Å². The van der Waals surface area contributed by atoms with Crippen molar-refractivity contribution in [3.63, 3.8) is 0 Å². The highest BCUT2D eigenvalue weighted by Crippen LogP contribution is 2.44. The van der Waals surface area contributed by atoms with Crippen molar-refractivity contribution in [2.24, 2.45) is 0 Å². The van der Waals surface area contributed by atoms with Crippen molar-refractivity contribution in [3.05, 3.63) is 126 Å². The Hall–Kier alpha value is -4.81. The molecule has 0 saturated heterocycles. The lowest BCUT2D eigenvalue weighted by molar-refractivity contribution is 0.591. The third-order valence-corrected chi connectivity index (χ3v) is 7.03. The van der Waals surface area contributed by atoms with Crippen LogP contribution in [0.5, 0.6) is 0 Å². The molecular weight excluding hydrogens is 464 g/mol. The summed E-state index contributed by atoms with van der Waals surface area (Å²) >= 11 is 0. The van der Waals surface area contributed by atoms with Crippen LogP contribution in [0.3, 0.4) is 0 Å². The summed E-state index contributed by atoms with van der Waals surface area (Å²) in [7, 11) is 0. The number of para-hydroxylation sites is 1. The zero-order valence-corrected chi connectivity index (χ0v) is 21.8. The minimum atomic E-state index is -0.117. The molecule has 0 aliphatic carbocycles. The van der Waals surface area contributed by atoms with Gasteiger partial charge in [0.05, 0.1) is 11.6 Å². The number of nitriles is 1. The number of hydrogen-bond donors (Lipinski definition) is 0. The monoisotopic (exact) mass is 492 g/mol. The minimum Gasteiger partial charge on any atom is -0.456 e. The second-order valence-corrected chi connectivity index (χ2v) is 10.6. The van der Waals surface area contributed by atoms with Gasteiger partial charge in [0.1, 0.15) is 11.2 Å². The van der Waals surface area contributed by atoms with E-state index in [2.05, 4.69) is 98.5 Å². The van der Waals surface area contributed by atoms with E-state index in [-0.39, 0.29) is 5.41 Å². The number of anilines is 3. The summed E-state index contributed by atoms with van der Waals surface area (Å²) < 4.78 is 6.26. The van der Waals surface area contributed by atoms with Gasteiger partial charge >= 0.3 is 0 Å². The first-order chi connectivity index (χ1) is 18.4. The topological polar surface area (TPSA) is 40.2 Å². The van der Waals surface area contributed by atoms with Crippen LogP contribution in [0.15, 0.2) is 120 Å². The standard InChI is InChI=1S/C35H28N2O/c1-35(2,3)31-21-26(25-9-5-4-6-10-25)15-20-32(31)37(27-16-13-24(23-36)14-17-27)28-18-19-30-29-11-7-8-12-33(29)38-34(30)22-28/h4-22H,1-3H3. The minimum absolute atomic E-state index is 0.117. The van der Waals surface area contributed by atoms with Crippen LogP contribution in [0.25, 0.3) is 33.1 Å². The molecule has 0 saturated carbocycles. The number of rotatable bonds is 4. The number of benzene rings is 5. The van der Waals surface area contributed by atoms with Gasteiger partial charge in [0, 0.05) is 33.9 Å². The van der Waals surface area contributed by atoms with E-state index >= 15 is 0 Å². The van der Waals surface area contributed by atoms with Gasteiger partial charge in [-0.05, 0) is 76.7 Å². The molecule has 3 heteroatoms. The maximum absolute atomic E-state index is 9.40. The number of hydrogen-bond acceptors (Lipinski definition) is 3. The van der Waals surface area contributed by atoms with Gasteiger partial charge in [-0.1, -0.05) is 75.4 Å². The van der Waals surface area contributed by atoms with Crippen LogP contribution >= 0.6 is 0 Å². The van der Waals surface area contributed by atoms with Crippen LogP contribution in [-0.4, -0.2) is 0 Å². The molecule has 6 rings (SSSR count). The molecule has 184 valence electrons. The molecule has 0 fully saturated rings. The van der Waals surface area contributed by atoms with Gasteiger partial charge < -0.3 is 9.32 Å². The van der Waals surface area contributed by atoms with Crippen LogP contribution < -0.4 is 4.90 Å². The fourth-order valence-electron chi connectivity index (χ4n) is 5.11. The van der Waals surface area contributed by atoms with E-state index < -0.39 is 0 Å². The van der Waals surface area contributed by atoms with Crippen molar-refractivity contribution in [1.29, 1.82) is 5.26 Å². The molecule has 38 heavy (non-hydrogen) atoms. The molecule has 0 atom stereocenters. The number of fused-ring (bicyclic) bond motifs is 3. The van der Waals surface area contributed by atoms with E-state index in [1.807, 2.05) is 48.5 Å². The summed E-state index contributed by atoms with van der Waals surface area (Å²) in [5.74, 6) is 0. The Bertz CT molecular complexity index is 1800. The second kappa shape index (κ2) is 9.25.